The van der Waals surface area contributed by atoms with E-state index in [2.05, 4.69) is 42.2 Å². The van der Waals surface area contributed by atoms with Gasteiger partial charge in [0.25, 0.3) is 0 Å². The molecule has 1 saturated carbocycles. The fourth-order valence-electron chi connectivity index (χ4n) is 2.19. The van der Waals surface area contributed by atoms with Crippen LogP contribution in [0.4, 0.5) is 0 Å². The van der Waals surface area contributed by atoms with E-state index >= 15 is 0 Å². The molecule has 15 heavy (non-hydrogen) atoms. The summed E-state index contributed by atoms with van der Waals surface area (Å²) in [5.74, 6) is 6.01. The van der Waals surface area contributed by atoms with Crippen molar-refractivity contribution in [1.29, 1.82) is 0 Å². The van der Waals surface area contributed by atoms with Crippen LogP contribution in [0.15, 0.2) is 30.3 Å². The third-order valence-electron chi connectivity index (χ3n) is 3.35. The zero-order valence-corrected chi connectivity index (χ0v) is 9.16. The monoisotopic (exact) mass is 199 g/mol. The van der Waals surface area contributed by atoms with Gasteiger partial charge in [-0.25, -0.2) is 0 Å². The molecular formula is C14H17N. The lowest BCUT2D eigenvalue weighted by atomic mass is 9.87. The Morgan fingerprint density at radius 3 is 2.53 bits per heavy atom. The van der Waals surface area contributed by atoms with Crippen molar-refractivity contribution >= 4 is 0 Å². The first kappa shape index (κ1) is 10.3. The smallest absolute Gasteiger partial charge is 0.0249 e. The van der Waals surface area contributed by atoms with Gasteiger partial charge in [-0.1, -0.05) is 30.3 Å². The van der Waals surface area contributed by atoms with Gasteiger partial charge in [-0.2, -0.15) is 0 Å². The molecule has 0 radical (unpaired) electrons. The lowest BCUT2D eigenvalue weighted by Crippen LogP contribution is -2.34. The molecule has 1 atom stereocenters. The third-order valence-corrected chi connectivity index (χ3v) is 3.35. The van der Waals surface area contributed by atoms with E-state index in [9.17, 15) is 0 Å². The minimum Gasteiger partial charge on any atom is -0.326 e. The van der Waals surface area contributed by atoms with Crippen molar-refractivity contribution in [3.8, 4) is 11.8 Å². The van der Waals surface area contributed by atoms with E-state index in [4.69, 9.17) is 5.73 Å². The second-order valence-corrected chi connectivity index (χ2v) is 4.26. The summed E-state index contributed by atoms with van der Waals surface area (Å²) in [7, 11) is 0. The first-order valence-corrected chi connectivity index (χ1v) is 5.50. The Morgan fingerprint density at radius 2 is 2.00 bits per heavy atom. The zero-order chi connectivity index (χ0) is 10.7. The lowest BCUT2D eigenvalue weighted by molar-refractivity contribution is 0.527. The summed E-state index contributed by atoms with van der Waals surface area (Å²) < 4.78 is 0. The maximum atomic E-state index is 6.23. The molecule has 1 fully saturated rings. The summed E-state index contributed by atoms with van der Waals surface area (Å²) in [6.45, 7) is 1.87. The van der Waals surface area contributed by atoms with Gasteiger partial charge in [0.15, 0.2) is 0 Å². The molecule has 1 aliphatic carbocycles. The van der Waals surface area contributed by atoms with Crippen molar-refractivity contribution in [1.82, 2.24) is 0 Å². The minimum atomic E-state index is 0.187. The van der Waals surface area contributed by atoms with Crippen LogP contribution in [0.1, 0.15) is 31.7 Å². The van der Waals surface area contributed by atoms with Crippen molar-refractivity contribution in [3.05, 3.63) is 35.9 Å². The molecule has 0 bridgehead atoms. The average molecular weight is 199 g/mol. The fourth-order valence-corrected chi connectivity index (χ4v) is 2.19. The Morgan fingerprint density at radius 1 is 1.33 bits per heavy atom. The zero-order valence-electron chi connectivity index (χ0n) is 9.16. The second-order valence-electron chi connectivity index (χ2n) is 4.26. The molecule has 0 spiro atoms. The molecule has 1 nitrogen and oxygen atoms in total. The largest absolute Gasteiger partial charge is 0.326 e. The normalized spacial score (nSPS) is 18.8. The van der Waals surface area contributed by atoms with Crippen molar-refractivity contribution in [3.63, 3.8) is 0 Å². The van der Waals surface area contributed by atoms with E-state index in [1.807, 2.05) is 6.92 Å². The molecular weight excluding hydrogens is 182 g/mol. The SMILES string of the molecule is CC#CCC(N)C1(c2ccccc2)CC1. The Labute approximate surface area is 91.7 Å². The molecule has 2 rings (SSSR count). The van der Waals surface area contributed by atoms with E-state index in [0.29, 0.717) is 0 Å². The topological polar surface area (TPSA) is 26.0 Å². The highest BCUT2D eigenvalue weighted by molar-refractivity contribution is 5.34. The molecule has 1 aromatic rings. The van der Waals surface area contributed by atoms with Crippen molar-refractivity contribution in [2.45, 2.75) is 37.6 Å². The van der Waals surface area contributed by atoms with Gasteiger partial charge in [-0.15, -0.1) is 11.8 Å². The Balaban J connectivity index is 2.16. The molecule has 0 amide bonds. The molecule has 2 N–H and O–H groups in total. The van der Waals surface area contributed by atoms with Crippen LogP contribution < -0.4 is 5.73 Å². The van der Waals surface area contributed by atoms with Gasteiger partial charge in [0.1, 0.15) is 0 Å². The number of rotatable bonds is 3. The summed E-state index contributed by atoms with van der Waals surface area (Å²) in [6.07, 6.45) is 3.23. The second kappa shape index (κ2) is 4.08. The Bertz CT molecular complexity index is 379. The number of hydrogen-bond acceptors (Lipinski definition) is 1. The minimum absolute atomic E-state index is 0.187. The van der Waals surface area contributed by atoms with Crippen LogP contribution in [0.2, 0.25) is 0 Å². The van der Waals surface area contributed by atoms with Crippen LogP contribution in [-0.4, -0.2) is 6.04 Å². The first-order valence-electron chi connectivity index (χ1n) is 5.50. The van der Waals surface area contributed by atoms with E-state index in [1.54, 1.807) is 0 Å². The number of benzene rings is 1. The van der Waals surface area contributed by atoms with Gasteiger partial charge >= 0.3 is 0 Å². The van der Waals surface area contributed by atoms with Crippen molar-refractivity contribution < 1.29 is 0 Å². The first-order chi connectivity index (χ1) is 7.29. The molecule has 0 heterocycles. The molecule has 0 aliphatic heterocycles. The predicted molar refractivity (Wildman–Crippen MR) is 63.4 cm³/mol. The maximum Gasteiger partial charge on any atom is 0.0249 e. The molecule has 1 aliphatic rings. The van der Waals surface area contributed by atoms with Gasteiger partial charge in [0, 0.05) is 17.9 Å². The fraction of sp³-hybridized carbons (Fsp3) is 0.429. The van der Waals surface area contributed by atoms with Crippen LogP contribution in [-0.2, 0) is 5.41 Å². The average Bonchev–Trinajstić information content (AvgIpc) is 3.08. The van der Waals surface area contributed by atoms with Crippen molar-refractivity contribution in [2.24, 2.45) is 5.73 Å². The molecule has 1 aromatic carbocycles. The standard InChI is InChI=1S/C14H17N/c1-2-3-9-13(15)14(10-11-14)12-7-5-4-6-8-12/h4-8,13H,9-11,15H2,1H3. The van der Waals surface area contributed by atoms with Crippen LogP contribution >= 0.6 is 0 Å². The molecule has 0 saturated heterocycles. The quantitative estimate of drug-likeness (QED) is 0.743. The van der Waals surface area contributed by atoms with Gasteiger partial charge in [-0.3, -0.25) is 0 Å². The summed E-state index contributed by atoms with van der Waals surface area (Å²) in [4.78, 5) is 0. The summed E-state index contributed by atoms with van der Waals surface area (Å²) in [5.41, 5.74) is 7.84. The summed E-state index contributed by atoms with van der Waals surface area (Å²) >= 11 is 0. The van der Waals surface area contributed by atoms with Gasteiger partial charge in [0.05, 0.1) is 0 Å². The van der Waals surface area contributed by atoms with Gasteiger partial charge < -0.3 is 5.73 Å². The molecule has 78 valence electrons. The molecule has 0 aromatic heterocycles. The lowest BCUT2D eigenvalue weighted by Gasteiger charge is -2.22. The summed E-state index contributed by atoms with van der Waals surface area (Å²) in [5, 5.41) is 0. The highest BCUT2D eigenvalue weighted by Gasteiger charge is 2.48. The van der Waals surface area contributed by atoms with E-state index in [1.165, 1.54) is 18.4 Å². The summed E-state index contributed by atoms with van der Waals surface area (Å²) in [6, 6.07) is 10.8. The molecule has 1 heteroatoms. The molecule has 1 unspecified atom stereocenters. The van der Waals surface area contributed by atoms with Crippen molar-refractivity contribution in [2.75, 3.05) is 0 Å². The van der Waals surface area contributed by atoms with E-state index in [-0.39, 0.29) is 11.5 Å². The van der Waals surface area contributed by atoms with E-state index in [0.717, 1.165) is 6.42 Å². The van der Waals surface area contributed by atoms with Gasteiger partial charge in [0.2, 0.25) is 0 Å². The third kappa shape index (κ3) is 1.91. The number of hydrogen-bond donors (Lipinski definition) is 1. The Hall–Kier alpha value is -1.26. The highest BCUT2D eigenvalue weighted by atomic mass is 14.7. The van der Waals surface area contributed by atoms with Crippen LogP contribution in [0.25, 0.3) is 0 Å². The van der Waals surface area contributed by atoms with E-state index < -0.39 is 0 Å². The predicted octanol–water partition coefficient (Wildman–Crippen LogP) is 2.46. The van der Waals surface area contributed by atoms with Crippen LogP contribution in [0.3, 0.4) is 0 Å². The van der Waals surface area contributed by atoms with Gasteiger partial charge in [-0.05, 0) is 25.3 Å². The Kier molecular flexibility index (Phi) is 2.79. The van der Waals surface area contributed by atoms with Crippen LogP contribution in [0.5, 0.6) is 0 Å². The van der Waals surface area contributed by atoms with Crippen LogP contribution in [0, 0.1) is 11.8 Å². The maximum absolute atomic E-state index is 6.23. The highest BCUT2D eigenvalue weighted by Crippen LogP contribution is 2.50. The number of nitrogens with two attached hydrogens (primary N) is 1.